The van der Waals surface area contributed by atoms with Crippen LogP contribution in [0.1, 0.15) is 41.3 Å². The molecule has 0 aliphatic rings. The van der Waals surface area contributed by atoms with Gasteiger partial charge in [0.05, 0.1) is 11.7 Å². The topological polar surface area (TPSA) is 77.8 Å². The first-order chi connectivity index (χ1) is 8.07. The molecule has 0 radical (unpaired) electrons. The Hall–Kier alpha value is -0.910. The number of aliphatic hydroxyl groups is 2. The van der Waals surface area contributed by atoms with Gasteiger partial charge in [0, 0.05) is 11.1 Å². The average Bonchev–Trinajstić information content (AvgIpc) is 2.29. The molecule has 0 spiro atoms. The van der Waals surface area contributed by atoms with Gasteiger partial charge in [-0.1, -0.05) is 12.1 Å². The molecule has 0 saturated heterocycles. The van der Waals surface area contributed by atoms with Crippen LogP contribution >= 0.6 is 15.9 Å². The van der Waals surface area contributed by atoms with Crippen LogP contribution in [0.4, 0.5) is 0 Å². The minimum atomic E-state index is -1.03. The monoisotopic (exact) mass is 302 g/mol. The Balaban J connectivity index is 2.83. The Labute approximate surface area is 108 Å². The first-order valence-corrected chi connectivity index (χ1v) is 6.18. The Kier molecular flexibility index (Phi) is 5.61. The molecular formula is C12H15BrO4. The molecule has 3 N–H and O–H groups in total. The summed E-state index contributed by atoms with van der Waals surface area (Å²) in [5.41, 5.74) is 0.714. The minimum absolute atomic E-state index is 0.100. The molecule has 0 saturated carbocycles. The molecule has 1 aromatic carbocycles. The molecule has 0 aliphatic heterocycles. The van der Waals surface area contributed by atoms with Crippen molar-refractivity contribution >= 4 is 21.9 Å². The number of carboxylic acid groups (broad SMARTS) is 1. The second-order valence-corrected chi connectivity index (χ2v) is 4.54. The lowest BCUT2D eigenvalue weighted by Crippen LogP contribution is -2.04. The molecule has 0 fully saturated rings. The fourth-order valence-corrected chi connectivity index (χ4v) is 2.28. The number of halogens is 1. The van der Waals surface area contributed by atoms with Gasteiger partial charge in [-0.25, -0.2) is 4.79 Å². The van der Waals surface area contributed by atoms with Gasteiger partial charge in [0.2, 0.25) is 0 Å². The van der Waals surface area contributed by atoms with E-state index in [9.17, 15) is 9.90 Å². The van der Waals surface area contributed by atoms with E-state index in [4.69, 9.17) is 10.2 Å². The summed E-state index contributed by atoms with van der Waals surface area (Å²) in [6.07, 6.45) is 1.12. The quantitative estimate of drug-likeness (QED) is 0.705. The SMILES string of the molecule is O=C(O)c1cccc(C(O)CCCCO)c1Br. The number of hydrogen-bond donors (Lipinski definition) is 3. The minimum Gasteiger partial charge on any atom is -0.478 e. The third kappa shape index (κ3) is 3.80. The van der Waals surface area contributed by atoms with E-state index in [0.29, 0.717) is 29.3 Å². The summed E-state index contributed by atoms with van der Waals surface area (Å²) in [6, 6.07) is 4.79. The molecule has 1 unspecified atom stereocenters. The highest BCUT2D eigenvalue weighted by Crippen LogP contribution is 2.29. The number of aromatic carboxylic acids is 1. The molecule has 0 bridgehead atoms. The van der Waals surface area contributed by atoms with Crippen molar-refractivity contribution in [3.63, 3.8) is 0 Å². The molecular weight excluding hydrogens is 288 g/mol. The van der Waals surface area contributed by atoms with E-state index >= 15 is 0 Å². The molecule has 1 rings (SSSR count). The molecule has 4 nitrogen and oxygen atoms in total. The van der Waals surface area contributed by atoms with E-state index in [1.54, 1.807) is 12.1 Å². The number of unbranched alkanes of at least 4 members (excludes halogenated alkanes) is 1. The first kappa shape index (κ1) is 14.2. The highest BCUT2D eigenvalue weighted by Gasteiger charge is 2.16. The molecule has 5 heteroatoms. The third-order valence-electron chi connectivity index (χ3n) is 2.50. The Morgan fingerprint density at radius 3 is 2.65 bits per heavy atom. The van der Waals surface area contributed by atoms with Crippen molar-refractivity contribution in [3.05, 3.63) is 33.8 Å². The van der Waals surface area contributed by atoms with Crippen LogP contribution in [-0.4, -0.2) is 27.9 Å². The van der Waals surface area contributed by atoms with E-state index in [0.717, 1.165) is 0 Å². The summed E-state index contributed by atoms with van der Waals surface area (Å²) in [7, 11) is 0. The number of carboxylic acids is 1. The zero-order valence-corrected chi connectivity index (χ0v) is 10.9. The maximum Gasteiger partial charge on any atom is 0.336 e. The van der Waals surface area contributed by atoms with Crippen LogP contribution in [-0.2, 0) is 0 Å². The maximum atomic E-state index is 10.9. The van der Waals surface area contributed by atoms with Crippen molar-refractivity contribution < 1.29 is 20.1 Å². The first-order valence-electron chi connectivity index (χ1n) is 5.38. The Bertz CT molecular complexity index is 392. The average molecular weight is 303 g/mol. The predicted molar refractivity (Wildman–Crippen MR) is 67.0 cm³/mol. The maximum absolute atomic E-state index is 10.9. The summed E-state index contributed by atoms with van der Waals surface area (Å²) in [5.74, 6) is -1.03. The predicted octanol–water partition coefficient (Wildman–Crippen LogP) is 2.34. The van der Waals surface area contributed by atoms with Crippen LogP contribution in [0, 0.1) is 0 Å². The Morgan fingerprint density at radius 2 is 2.06 bits per heavy atom. The fourth-order valence-electron chi connectivity index (χ4n) is 1.58. The summed E-state index contributed by atoms with van der Waals surface area (Å²) in [4.78, 5) is 10.9. The van der Waals surface area contributed by atoms with Crippen LogP contribution in [0.2, 0.25) is 0 Å². The van der Waals surface area contributed by atoms with Gasteiger partial charge in [-0.15, -0.1) is 0 Å². The lowest BCUT2D eigenvalue weighted by molar-refractivity contribution is 0.0695. The van der Waals surface area contributed by atoms with E-state index in [-0.39, 0.29) is 12.2 Å². The summed E-state index contributed by atoms with van der Waals surface area (Å²) < 4.78 is 0.420. The van der Waals surface area contributed by atoms with Crippen LogP contribution in [0.3, 0.4) is 0 Å². The van der Waals surface area contributed by atoms with Crippen LogP contribution in [0.5, 0.6) is 0 Å². The molecule has 0 heterocycles. The number of rotatable bonds is 6. The van der Waals surface area contributed by atoms with E-state index in [2.05, 4.69) is 15.9 Å². The van der Waals surface area contributed by atoms with Gasteiger partial charge in [0.25, 0.3) is 0 Å². The van der Waals surface area contributed by atoms with Crippen molar-refractivity contribution in [1.82, 2.24) is 0 Å². The molecule has 0 aromatic heterocycles. The summed E-state index contributed by atoms with van der Waals surface area (Å²) >= 11 is 3.20. The van der Waals surface area contributed by atoms with E-state index in [1.807, 2.05) is 0 Å². The van der Waals surface area contributed by atoms with Gasteiger partial charge in [-0.2, -0.15) is 0 Å². The van der Waals surface area contributed by atoms with Crippen molar-refractivity contribution in [2.45, 2.75) is 25.4 Å². The lowest BCUT2D eigenvalue weighted by Gasteiger charge is -2.13. The van der Waals surface area contributed by atoms with Gasteiger partial charge >= 0.3 is 5.97 Å². The summed E-state index contributed by atoms with van der Waals surface area (Å²) in [6.45, 7) is 0.100. The van der Waals surface area contributed by atoms with E-state index < -0.39 is 12.1 Å². The highest BCUT2D eigenvalue weighted by molar-refractivity contribution is 9.10. The normalized spacial score (nSPS) is 12.4. The fraction of sp³-hybridized carbons (Fsp3) is 0.417. The van der Waals surface area contributed by atoms with Gasteiger partial charge < -0.3 is 15.3 Å². The van der Waals surface area contributed by atoms with Crippen molar-refractivity contribution in [2.75, 3.05) is 6.61 Å². The van der Waals surface area contributed by atoms with Crippen LogP contribution in [0.15, 0.2) is 22.7 Å². The zero-order chi connectivity index (χ0) is 12.8. The smallest absolute Gasteiger partial charge is 0.336 e. The molecule has 17 heavy (non-hydrogen) atoms. The molecule has 0 aliphatic carbocycles. The number of aliphatic hydroxyl groups excluding tert-OH is 2. The molecule has 1 atom stereocenters. The lowest BCUT2D eigenvalue weighted by atomic mass is 10.0. The van der Waals surface area contributed by atoms with Crippen molar-refractivity contribution in [1.29, 1.82) is 0 Å². The largest absolute Gasteiger partial charge is 0.478 e. The highest BCUT2D eigenvalue weighted by atomic mass is 79.9. The van der Waals surface area contributed by atoms with Gasteiger partial charge in [-0.3, -0.25) is 0 Å². The van der Waals surface area contributed by atoms with Gasteiger partial charge in [-0.05, 0) is 46.8 Å². The van der Waals surface area contributed by atoms with E-state index in [1.165, 1.54) is 6.07 Å². The number of benzene rings is 1. The third-order valence-corrected chi connectivity index (χ3v) is 3.39. The van der Waals surface area contributed by atoms with Crippen LogP contribution < -0.4 is 0 Å². The second-order valence-electron chi connectivity index (χ2n) is 3.75. The molecule has 0 amide bonds. The number of carbonyl (C=O) groups is 1. The van der Waals surface area contributed by atoms with Gasteiger partial charge in [0.15, 0.2) is 0 Å². The summed E-state index contributed by atoms with van der Waals surface area (Å²) in [5, 5.41) is 27.5. The van der Waals surface area contributed by atoms with Crippen molar-refractivity contribution in [2.24, 2.45) is 0 Å². The van der Waals surface area contributed by atoms with Gasteiger partial charge in [0.1, 0.15) is 0 Å². The zero-order valence-electron chi connectivity index (χ0n) is 9.27. The number of hydrogen-bond acceptors (Lipinski definition) is 3. The molecule has 94 valence electrons. The van der Waals surface area contributed by atoms with Crippen LogP contribution in [0.25, 0.3) is 0 Å². The molecule has 1 aromatic rings. The van der Waals surface area contributed by atoms with Crippen molar-refractivity contribution in [3.8, 4) is 0 Å². The Morgan fingerprint density at radius 1 is 1.35 bits per heavy atom. The second kappa shape index (κ2) is 6.74. The standard InChI is InChI=1S/C12H15BrO4/c13-11-8(10(15)6-1-2-7-14)4-3-5-9(11)12(16)17/h3-5,10,14-15H,1-2,6-7H2,(H,16,17).